The predicted molar refractivity (Wildman–Crippen MR) is 67.6 cm³/mol. The lowest BCUT2D eigenvalue weighted by molar-refractivity contribution is 0.414. The number of nitrogens with two attached hydrogens (primary N) is 1. The molecule has 2 heterocycles. The van der Waals surface area contributed by atoms with Crippen LogP contribution in [-0.2, 0) is 0 Å². The Balaban J connectivity index is 2.22. The maximum Gasteiger partial charge on any atom is 0.168 e. The van der Waals surface area contributed by atoms with E-state index >= 15 is 0 Å². The largest absolute Gasteiger partial charge is 0.497 e. The van der Waals surface area contributed by atoms with Crippen molar-refractivity contribution in [3.63, 3.8) is 0 Å². The Morgan fingerprint density at radius 2 is 2.17 bits per heavy atom. The number of anilines is 1. The molecule has 18 heavy (non-hydrogen) atoms. The van der Waals surface area contributed by atoms with Gasteiger partial charge in [-0.05, 0) is 12.1 Å². The zero-order chi connectivity index (χ0) is 12.5. The molecule has 0 saturated heterocycles. The van der Waals surface area contributed by atoms with Gasteiger partial charge in [0.1, 0.15) is 17.9 Å². The van der Waals surface area contributed by atoms with Gasteiger partial charge in [0.05, 0.1) is 24.4 Å². The first-order valence-electron chi connectivity index (χ1n) is 5.38. The van der Waals surface area contributed by atoms with E-state index in [4.69, 9.17) is 10.5 Å². The van der Waals surface area contributed by atoms with E-state index in [2.05, 4.69) is 15.1 Å². The molecular weight excluding hydrogens is 230 g/mol. The molecule has 6 heteroatoms. The molecule has 0 atom stereocenters. The minimum atomic E-state index is 0.425. The van der Waals surface area contributed by atoms with E-state index in [1.807, 2.05) is 24.3 Å². The highest BCUT2D eigenvalue weighted by atomic mass is 16.5. The molecular formula is C12H11N5O. The molecule has 0 aliphatic rings. The van der Waals surface area contributed by atoms with E-state index in [-0.39, 0.29) is 0 Å². The fourth-order valence-corrected chi connectivity index (χ4v) is 1.79. The average molecular weight is 241 g/mol. The molecule has 1 aromatic carbocycles. The van der Waals surface area contributed by atoms with E-state index in [1.165, 1.54) is 6.33 Å². The molecule has 0 bridgehead atoms. The lowest BCUT2D eigenvalue weighted by Crippen LogP contribution is -1.99. The van der Waals surface area contributed by atoms with Gasteiger partial charge in [0.2, 0.25) is 0 Å². The fraction of sp³-hybridized carbons (Fsp3) is 0.0833. The summed E-state index contributed by atoms with van der Waals surface area (Å²) < 4.78 is 6.89. The zero-order valence-corrected chi connectivity index (χ0v) is 9.74. The summed E-state index contributed by atoms with van der Waals surface area (Å²) in [6.45, 7) is 0. The number of ether oxygens (including phenoxy) is 1. The molecule has 0 spiro atoms. The van der Waals surface area contributed by atoms with Crippen molar-refractivity contribution < 1.29 is 4.74 Å². The Hall–Kier alpha value is -2.63. The fourth-order valence-electron chi connectivity index (χ4n) is 1.79. The summed E-state index contributed by atoms with van der Waals surface area (Å²) in [5.41, 5.74) is 7.31. The molecule has 0 fully saturated rings. The third-order valence-corrected chi connectivity index (χ3v) is 2.69. The standard InChI is InChI=1S/C12H11N5O/c1-18-9-4-2-3-8(5-9)17-12-10(6-16-17)11(13)14-7-15-12/h2-7H,1H3,(H2,13,14,15). The Bertz CT molecular complexity index is 707. The monoisotopic (exact) mass is 241 g/mol. The van der Waals surface area contributed by atoms with Crippen molar-refractivity contribution >= 4 is 16.9 Å². The number of nitrogen functional groups attached to an aromatic ring is 1. The molecule has 6 nitrogen and oxygen atoms in total. The summed E-state index contributed by atoms with van der Waals surface area (Å²) in [7, 11) is 1.63. The van der Waals surface area contributed by atoms with Crippen LogP contribution in [0.5, 0.6) is 5.75 Å². The van der Waals surface area contributed by atoms with E-state index in [0.717, 1.165) is 16.8 Å². The van der Waals surface area contributed by atoms with Crippen LogP contribution in [0.1, 0.15) is 0 Å². The number of nitrogens with zero attached hydrogens (tertiary/aromatic N) is 4. The highest BCUT2D eigenvalue weighted by Crippen LogP contribution is 2.21. The van der Waals surface area contributed by atoms with Gasteiger partial charge in [-0.1, -0.05) is 6.07 Å². The summed E-state index contributed by atoms with van der Waals surface area (Å²) in [6.07, 6.45) is 3.08. The van der Waals surface area contributed by atoms with Crippen LogP contribution in [-0.4, -0.2) is 26.9 Å². The Morgan fingerprint density at radius 1 is 1.28 bits per heavy atom. The summed E-state index contributed by atoms with van der Waals surface area (Å²) in [5.74, 6) is 1.19. The van der Waals surface area contributed by atoms with Crippen molar-refractivity contribution in [2.24, 2.45) is 0 Å². The van der Waals surface area contributed by atoms with Crippen LogP contribution in [0.2, 0.25) is 0 Å². The predicted octanol–water partition coefficient (Wildman–Crippen LogP) is 1.41. The van der Waals surface area contributed by atoms with E-state index < -0.39 is 0 Å². The third kappa shape index (κ3) is 1.55. The molecule has 0 aliphatic carbocycles. The highest BCUT2D eigenvalue weighted by molar-refractivity contribution is 5.85. The summed E-state index contributed by atoms with van der Waals surface area (Å²) >= 11 is 0. The second-order valence-electron chi connectivity index (χ2n) is 3.75. The van der Waals surface area contributed by atoms with Gasteiger partial charge < -0.3 is 10.5 Å². The van der Waals surface area contributed by atoms with E-state index in [9.17, 15) is 0 Å². The van der Waals surface area contributed by atoms with Gasteiger partial charge in [-0.25, -0.2) is 14.6 Å². The van der Waals surface area contributed by atoms with Crippen molar-refractivity contribution in [3.8, 4) is 11.4 Å². The average Bonchev–Trinajstić information content (AvgIpc) is 2.84. The smallest absolute Gasteiger partial charge is 0.168 e. The number of benzene rings is 1. The first-order chi connectivity index (χ1) is 8.79. The summed E-state index contributed by atoms with van der Waals surface area (Å²) in [5, 5.41) is 5.02. The molecule has 0 saturated carbocycles. The van der Waals surface area contributed by atoms with Crippen LogP contribution in [0.3, 0.4) is 0 Å². The number of rotatable bonds is 2. The maximum absolute atomic E-state index is 5.77. The van der Waals surface area contributed by atoms with E-state index in [0.29, 0.717) is 11.5 Å². The van der Waals surface area contributed by atoms with Gasteiger partial charge in [0, 0.05) is 6.07 Å². The number of hydrogen-bond acceptors (Lipinski definition) is 5. The van der Waals surface area contributed by atoms with Gasteiger partial charge in [-0.15, -0.1) is 0 Å². The van der Waals surface area contributed by atoms with Gasteiger partial charge in [-0.2, -0.15) is 5.10 Å². The SMILES string of the molecule is COc1cccc(-n2ncc3c(N)ncnc32)c1. The summed E-state index contributed by atoms with van der Waals surface area (Å²) in [6, 6.07) is 7.57. The first-order valence-corrected chi connectivity index (χ1v) is 5.38. The van der Waals surface area contributed by atoms with Crippen LogP contribution in [0.25, 0.3) is 16.7 Å². The molecule has 2 aromatic heterocycles. The summed E-state index contributed by atoms with van der Waals surface area (Å²) in [4.78, 5) is 8.14. The lowest BCUT2D eigenvalue weighted by atomic mass is 10.3. The third-order valence-electron chi connectivity index (χ3n) is 2.69. The van der Waals surface area contributed by atoms with Crippen molar-refractivity contribution in [2.75, 3.05) is 12.8 Å². The van der Waals surface area contributed by atoms with Crippen molar-refractivity contribution in [2.45, 2.75) is 0 Å². The molecule has 3 rings (SSSR count). The Morgan fingerprint density at radius 3 is 3.00 bits per heavy atom. The van der Waals surface area contributed by atoms with Crippen molar-refractivity contribution in [1.29, 1.82) is 0 Å². The normalized spacial score (nSPS) is 10.7. The molecule has 0 aliphatic heterocycles. The molecule has 0 unspecified atom stereocenters. The van der Waals surface area contributed by atoms with Crippen LogP contribution in [0.15, 0.2) is 36.8 Å². The number of aromatic nitrogens is 4. The topological polar surface area (TPSA) is 78.9 Å². The van der Waals surface area contributed by atoms with Gasteiger partial charge >= 0.3 is 0 Å². The van der Waals surface area contributed by atoms with Crippen LogP contribution in [0.4, 0.5) is 5.82 Å². The number of hydrogen-bond donors (Lipinski definition) is 1. The van der Waals surface area contributed by atoms with Crippen LogP contribution >= 0.6 is 0 Å². The first kappa shape index (κ1) is 10.5. The number of methoxy groups -OCH3 is 1. The molecule has 3 aromatic rings. The molecule has 2 N–H and O–H groups in total. The van der Waals surface area contributed by atoms with Crippen LogP contribution in [0, 0.1) is 0 Å². The Labute approximate surface area is 103 Å². The number of fused-ring (bicyclic) bond motifs is 1. The van der Waals surface area contributed by atoms with Gasteiger partial charge in [0.15, 0.2) is 5.65 Å². The van der Waals surface area contributed by atoms with Gasteiger partial charge in [-0.3, -0.25) is 0 Å². The highest BCUT2D eigenvalue weighted by Gasteiger charge is 2.09. The zero-order valence-electron chi connectivity index (χ0n) is 9.74. The molecule has 90 valence electrons. The minimum absolute atomic E-state index is 0.425. The molecule has 0 radical (unpaired) electrons. The maximum atomic E-state index is 5.77. The second kappa shape index (κ2) is 3.99. The quantitative estimate of drug-likeness (QED) is 0.733. The van der Waals surface area contributed by atoms with Crippen molar-refractivity contribution in [3.05, 3.63) is 36.8 Å². The molecule has 0 amide bonds. The van der Waals surface area contributed by atoms with Crippen LogP contribution < -0.4 is 10.5 Å². The Kier molecular flexibility index (Phi) is 2.33. The minimum Gasteiger partial charge on any atom is -0.497 e. The second-order valence-corrected chi connectivity index (χ2v) is 3.75. The lowest BCUT2D eigenvalue weighted by Gasteiger charge is -2.05. The van der Waals surface area contributed by atoms with E-state index in [1.54, 1.807) is 18.0 Å². The van der Waals surface area contributed by atoms with Gasteiger partial charge in [0.25, 0.3) is 0 Å². The van der Waals surface area contributed by atoms with Crippen molar-refractivity contribution in [1.82, 2.24) is 19.7 Å².